The summed E-state index contributed by atoms with van der Waals surface area (Å²) in [6, 6.07) is 4.89. The van der Waals surface area contributed by atoms with Crippen LogP contribution in [0.25, 0.3) is 0 Å². The normalized spacial score (nSPS) is 21.1. The largest absolute Gasteiger partial charge is 0.381 e. The predicted octanol–water partition coefficient (Wildman–Crippen LogP) is 3.21. The molecule has 3 heterocycles. The van der Waals surface area contributed by atoms with Gasteiger partial charge in [0.25, 0.3) is 0 Å². The zero-order chi connectivity index (χ0) is 18.2. The van der Waals surface area contributed by atoms with Gasteiger partial charge in [0.15, 0.2) is 5.96 Å². The second-order valence-electron chi connectivity index (χ2n) is 7.47. The zero-order valence-corrected chi connectivity index (χ0v) is 17.1. The van der Waals surface area contributed by atoms with E-state index in [0.717, 1.165) is 38.2 Å². The maximum absolute atomic E-state index is 5.47. The maximum Gasteiger partial charge on any atom is 0.193 e. The molecule has 0 bridgehead atoms. The molecule has 2 saturated heterocycles. The van der Waals surface area contributed by atoms with Crippen LogP contribution in [0.15, 0.2) is 22.5 Å². The molecule has 0 saturated carbocycles. The van der Waals surface area contributed by atoms with Crippen LogP contribution in [-0.4, -0.2) is 69.2 Å². The molecule has 5 nitrogen and oxygen atoms in total. The number of hydrogen-bond donors (Lipinski definition) is 1. The highest BCUT2D eigenvalue weighted by atomic mass is 32.1. The molecule has 1 atom stereocenters. The van der Waals surface area contributed by atoms with E-state index in [-0.39, 0.29) is 0 Å². The Morgan fingerprint density at radius 2 is 2.15 bits per heavy atom. The molecular formula is C20H34N4OS. The van der Waals surface area contributed by atoms with Crippen LogP contribution >= 0.6 is 11.3 Å². The second kappa shape index (κ2) is 10.3. The van der Waals surface area contributed by atoms with Crippen LogP contribution in [0.4, 0.5) is 0 Å². The summed E-state index contributed by atoms with van der Waals surface area (Å²) < 4.78 is 5.47. The Hall–Kier alpha value is -1.11. The van der Waals surface area contributed by atoms with Gasteiger partial charge in [0.1, 0.15) is 0 Å². The molecular weight excluding hydrogens is 344 g/mol. The smallest absolute Gasteiger partial charge is 0.193 e. The molecule has 0 aromatic carbocycles. The molecule has 6 heteroatoms. The van der Waals surface area contributed by atoms with Gasteiger partial charge in [-0.25, -0.2) is 0 Å². The van der Waals surface area contributed by atoms with Crippen molar-refractivity contribution in [1.29, 1.82) is 0 Å². The molecule has 0 aliphatic carbocycles. The van der Waals surface area contributed by atoms with Crippen molar-refractivity contribution in [2.75, 3.05) is 53.5 Å². The Balaban J connectivity index is 1.51. The molecule has 0 amide bonds. The first-order valence-corrected chi connectivity index (χ1v) is 10.9. The highest BCUT2D eigenvalue weighted by Crippen LogP contribution is 2.28. The van der Waals surface area contributed by atoms with Gasteiger partial charge in [-0.2, -0.15) is 0 Å². The molecule has 0 spiro atoms. The van der Waals surface area contributed by atoms with Crippen LogP contribution in [0, 0.1) is 5.92 Å². The summed E-state index contributed by atoms with van der Waals surface area (Å²) in [5, 5.41) is 5.83. The minimum Gasteiger partial charge on any atom is -0.381 e. The molecule has 0 radical (unpaired) electrons. The minimum absolute atomic E-state index is 0.457. The van der Waals surface area contributed by atoms with Crippen molar-refractivity contribution in [2.24, 2.45) is 10.9 Å². The standard InChI is InChI=1S/C20H34N4OS/c1-21-20(23(2)12-7-17-8-13-25-14-9-17)22-16-18(19-6-5-15-26-19)24-10-3-4-11-24/h5-6,15,17-18H,3-4,7-14,16H2,1-2H3,(H,21,22). The molecule has 3 rings (SSSR count). The van der Waals surface area contributed by atoms with Crippen molar-refractivity contribution >= 4 is 17.3 Å². The first kappa shape index (κ1) is 19.6. The van der Waals surface area contributed by atoms with E-state index >= 15 is 0 Å². The van der Waals surface area contributed by atoms with Crippen molar-refractivity contribution in [3.05, 3.63) is 22.4 Å². The van der Waals surface area contributed by atoms with Crippen LogP contribution in [0.5, 0.6) is 0 Å². The summed E-state index contributed by atoms with van der Waals surface area (Å²) in [6.07, 6.45) is 6.27. The van der Waals surface area contributed by atoms with Crippen molar-refractivity contribution in [3.8, 4) is 0 Å². The topological polar surface area (TPSA) is 40.1 Å². The van der Waals surface area contributed by atoms with E-state index in [4.69, 9.17) is 4.74 Å². The number of guanidine groups is 1. The predicted molar refractivity (Wildman–Crippen MR) is 110 cm³/mol. The molecule has 2 fully saturated rings. The van der Waals surface area contributed by atoms with E-state index in [1.54, 1.807) is 0 Å². The highest BCUT2D eigenvalue weighted by molar-refractivity contribution is 7.10. The van der Waals surface area contributed by atoms with E-state index in [9.17, 15) is 0 Å². The van der Waals surface area contributed by atoms with Gasteiger partial charge in [0.2, 0.25) is 0 Å². The zero-order valence-electron chi connectivity index (χ0n) is 16.3. The van der Waals surface area contributed by atoms with Gasteiger partial charge in [-0.3, -0.25) is 9.89 Å². The fraction of sp³-hybridized carbons (Fsp3) is 0.750. The van der Waals surface area contributed by atoms with E-state index in [1.165, 1.54) is 50.1 Å². The van der Waals surface area contributed by atoms with E-state index in [1.807, 2.05) is 18.4 Å². The first-order valence-electron chi connectivity index (χ1n) is 10.0. The molecule has 26 heavy (non-hydrogen) atoms. The van der Waals surface area contributed by atoms with E-state index in [2.05, 4.69) is 44.7 Å². The Morgan fingerprint density at radius 1 is 1.38 bits per heavy atom. The fourth-order valence-electron chi connectivity index (χ4n) is 4.03. The van der Waals surface area contributed by atoms with Crippen LogP contribution in [-0.2, 0) is 4.74 Å². The summed E-state index contributed by atoms with van der Waals surface area (Å²) in [6.45, 7) is 6.26. The number of likely N-dealkylation sites (tertiary alicyclic amines) is 1. The molecule has 1 aromatic heterocycles. The lowest BCUT2D eigenvalue weighted by molar-refractivity contribution is 0.0625. The van der Waals surface area contributed by atoms with Gasteiger partial charge in [-0.1, -0.05) is 6.07 Å². The number of hydrogen-bond acceptors (Lipinski definition) is 4. The van der Waals surface area contributed by atoms with Crippen LogP contribution in [0.2, 0.25) is 0 Å². The van der Waals surface area contributed by atoms with E-state index in [0.29, 0.717) is 6.04 Å². The average Bonchev–Trinajstić information content (AvgIpc) is 3.38. The van der Waals surface area contributed by atoms with Gasteiger partial charge in [0, 0.05) is 45.3 Å². The number of thiophene rings is 1. The quantitative estimate of drug-likeness (QED) is 0.584. The molecule has 1 aromatic rings. The molecule has 2 aliphatic rings. The summed E-state index contributed by atoms with van der Waals surface area (Å²) in [5.74, 6) is 1.81. The number of rotatable bonds is 7. The van der Waals surface area contributed by atoms with Crippen molar-refractivity contribution < 1.29 is 4.74 Å². The van der Waals surface area contributed by atoms with Crippen LogP contribution < -0.4 is 5.32 Å². The lowest BCUT2D eigenvalue weighted by atomic mass is 9.96. The van der Waals surface area contributed by atoms with Crippen molar-refractivity contribution in [3.63, 3.8) is 0 Å². The summed E-state index contributed by atoms with van der Waals surface area (Å²) >= 11 is 1.87. The monoisotopic (exact) mass is 378 g/mol. The Labute approximate surface area is 162 Å². The Bertz CT molecular complexity index is 536. The van der Waals surface area contributed by atoms with Gasteiger partial charge >= 0.3 is 0 Å². The molecule has 1 unspecified atom stereocenters. The average molecular weight is 379 g/mol. The number of ether oxygens (including phenoxy) is 1. The van der Waals surface area contributed by atoms with Gasteiger partial charge in [-0.15, -0.1) is 11.3 Å². The van der Waals surface area contributed by atoms with Crippen molar-refractivity contribution in [2.45, 2.75) is 38.1 Å². The summed E-state index contributed by atoms with van der Waals surface area (Å²) in [7, 11) is 4.05. The van der Waals surface area contributed by atoms with E-state index < -0.39 is 0 Å². The lowest BCUT2D eigenvalue weighted by Crippen LogP contribution is -2.44. The maximum atomic E-state index is 5.47. The lowest BCUT2D eigenvalue weighted by Gasteiger charge is -2.30. The minimum atomic E-state index is 0.457. The third-order valence-corrected chi connectivity index (χ3v) is 6.67. The highest BCUT2D eigenvalue weighted by Gasteiger charge is 2.25. The molecule has 1 N–H and O–H groups in total. The first-order chi connectivity index (χ1) is 12.8. The SMILES string of the molecule is CN=C(NCC(c1cccs1)N1CCCC1)N(C)CCC1CCOCC1. The third-order valence-electron chi connectivity index (χ3n) is 5.69. The number of aliphatic imine (C=N–C) groups is 1. The van der Waals surface area contributed by atoms with Crippen LogP contribution in [0.1, 0.15) is 43.0 Å². The summed E-state index contributed by atoms with van der Waals surface area (Å²) in [4.78, 5) is 10.9. The van der Waals surface area contributed by atoms with Crippen LogP contribution in [0.3, 0.4) is 0 Å². The Morgan fingerprint density at radius 3 is 2.81 bits per heavy atom. The van der Waals surface area contributed by atoms with Crippen molar-refractivity contribution in [1.82, 2.24) is 15.1 Å². The fourth-order valence-corrected chi connectivity index (χ4v) is 4.89. The molecule has 146 valence electrons. The van der Waals surface area contributed by atoms with Gasteiger partial charge < -0.3 is 15.0 Å². The number of nitrogens with zero attached hydrogens (tertiary/aromatic N) is 3. The number of nitrogens with one attached hydrogen (secondary N) is 1. The second-order valence-corrected chi connectivity index (χ2v) is 8.45. The third kappa shape index (κ3) is 5.44. The Kier molecular flexibility index (Phi) is 7.77. The molecule has 2 aliphatic heterocycles. The van der Waals surface area contributed by atoms with Gasteiger partial charge in [-0.05, 0) is 62.6 Å². The summed E-state index contributed by atoms with van der Waals surface area (Å²) in [5.41, 5.74) is 0. The van der Waals surface area contributed by atoms with Gasteiger partial charge in [0.05, 0.1) is 6.04 Å².